The number of benzene rings is 2. The maximum Gasteiger partial charge on any atom is 0.262 e. The molecule has 1 unspecified atom stereocenters. The predicted molar refractivity (Wildman–Crippen MR) is 223 cm³/mol. The molecule has 60 heavy (non-hydrogen) atoms. The van der Waals surface area contributed by atoms with E-state index in [0.29, 0.717) is 42.6 Å². The van der Waals surface area contributed by atoms with Gasteiger partial charge in [0, 0.05) is 143 Å². The first-order chi connectivity index (χ1) is 29.2. The van der Waals surface area contributed by atoms with Crippen LogP contribution < -0.4 is 15.0 Å². The van der Waals surface area contributed by atoms with Gasteiger partial charge >= 0.3 is 0 Å². The molecule has 1 atom stereocenters. The van der Waals surface area contributed by atoms with E-state index in [1.807, 2.05) is 41.7 Å². The normalized spacial score (nSPS) is 20.9. The number of ether oxygens (including phenoxy) is 1. The molecule has 10 rings (SSSR count). The van der Waals surface area contributed by atoms with Crippen LogP contribution in [0.15, 0.2) is 73.2 Å². The maximum atomic E-state index is 13.3. The third-order valence-corrected chi connectivity index (χ3v) is 13.0. The second kappa shape index (κ2) is 15.4. The average molecular weight is 810 g/mol. The maximum absolute atomic E-state index is 13.3. The minimum absolute atomic E-state index is 0.0175. The van der Waals surface area contributed by atoms with Crippen molar-refractivity contribution in [2.45, 2.75) is 37.8 Å². The van der Waals surface area contributed by atoms with Crippen LogP contribution in [-0.2, 0) is 21.4 Å². The van der Waals surface area contributed by atoms with Gasteiger partial charge in [0.25, 0.3) is 11.8 Å². The minimum atomic E-state index is -0.971. The fraction of sp³-hybridized carbons (Fsp3) is 0.400. The monoisotopic (exact) mass is 809 g/mol. The van der Waals surface area contributed by atoms with Gasteiger partial charge in [-0.25, -0.2) is 4.98 Å². The number of hydrogen-bond acceptors (Lipinski definition) is 11. The highest BCUT2D eigenvalue weighted by molar-refractivity contribution is 6.23. The number of nitrogens with one attached hydrogen (secondary N) is 1. The highest BCUT2D eigenvalue weighted by atomic mass is 16.5. The number of hydrogen-bond donors (Lipinski definition) is 1. The number of anilines is 1. The van der Waals surface area contributed by atoms with E-state index < -0.39 is 29.7 Å². The van der Waals surface area contributed by atoms with E-state index in [-0.39, 0.29) is 24.9 Å². The number of amides is 5. The van der Waals surface area contributed by atoms with E-state index in [0.717, 1.165) is 96.8 Å². The molecule has 5 amide bonds. The van der Waals surface area contributed by atoms with Gasteiger partial charge in [-0.1, -0.05) is 12.1 Å². The Bertz CT molecular complexity index is 2530. The zero-order valence-corrected chi connectivity index (χ0v) is 33.6. The van der Waals surface area contributed by atoms with Gasteiger partial charge in [-0.2, -0.15) is 0 Å². The summed E-state index contributed by atoms with van der Waals surface area (Å²) in [5.74, 6) is -0.725. The standard InChI is InChI=1S/C45H47N9O6/c1-49-37-10-13-46-23-36(37)33-5-2-29(20-39(33)49)30-3-9-41(47-22-30)60-32-11-14-52(15-12-32)42(56)27-51-18-16-50(17-19-51)24-28-25-53(26-28)31-4-6-34-35(21-31)45(59)54(44(34)58)38-7-8-40(55)48-43(38)57/h2-6,9-10,13,20-23,28,32,38H,7-8,11-12,14-19,24-27H2,1H3,(H,48,55,57). The number of pyridine rings is 2. The molecule has 4 saturated heterocycles. The molecule has 5 aromatic rings. The summed E-state index contributed by atoms with van der Waals surface area (Å²) in [6.07, 6.45) is 7.40. The third kappa shape index (κ3) is 7.04. The smallest absolute Gasteiger partial charge is 0.262 e. The summed E-state index contributed by atoms with van der Waals surface area (Å²) in [5.41, 5.74) is 5.90. The van der Waals surface area contributed by atoms with E-state index in [1.54, 1.807) is 12.1 Å². The molecule has 15 heteroatoms. The first-order valence-electron chi connectivity index (χ1n) is 20.9. The van der Waals surface area contributed by atoms with Crippen molar-refractivity contribution in [3.63, 3.8) is 0 Å². The summed E-state index contributed by atoms with van der Waals surface area (Å²) in [7, 11) is 2.08. The van der Waals surface area contributed by atoms with Crippen molar-refractivity contribution in [3.05, 3.63) is 84.3 Å². The van der Waals surface area contributed by atoms with Gasteiger partial charge in [0.1, 0.15) is 12.1 Å². The molecule has 8 heterocycles. The molecule has 2 aromatic carbocycles. The summed E-state index contributed by atoms with van der Waals surface area (Å²) in [4.78, 5) is 82.5. The number of likely N-dealkylation sites (tertiary alicyclic amines) is 1. The third-order valence-electron chi connectivity index (χ3n) is 13.0. The van der Waals surface area contributed by atoms with Gasteiger partial charge in [0.15, 0.2) is 0 Å². The minimum Gasteiger partial charge on any atom is -0.474 e. The number of imide groups is 2. The Labute approximate surface area is 346 Å². The molecule has 0 radical (unpaired) electrons. The van der Waals surface area contributed by atoms with Crippen molar-refractivity contribution in [2.24, 2.45) is 13.0 Å². The van der Waals surface area contributed by atoms with Crippen molar-refractivity contribution in [1.82, 2.24) is 39.5 Å². The van der Waals surface area contributed by atoms with Crippen LogP contribution in [0.4, 0.5) is 5.69 Å². The predicted octanol–water partition coefficient (Wildman–Crippen LogP) is 3.31. The Morgan fingerprint density at radius 1 is 0.783 bits per heavy atom. The molecule has 1 N–H and O–H groups in total. The van der Waals surface area contributed by atoms with Crippen LogP contribution in [0.2, 0.25) is 0 Å². The molecule has 15 nitrogen and oxygen atoms in total. The van der Waals surface area contributed by atoms with Crippen LogP contribution >= 0.6 is 0 Å². The fourth-order valence-electron chi connectivity index (χ4n) is 9.59. The highest BCUT2D eigenvalue weighted by Gasteiger charge is 2.45. The van der Waals surface area contributed by atoms with Gasteiger partial charge in [-0.05, 0) is 48.4 Å². The van der Waals surface area contributed by atoms with Crippen molar-refractivity contribution >= 4 is 57.0 Å². The van der Waals surface area contributed by atoms with E-state index in [1.165, 1.54) is 5.39 Å². The van der Waals surface area contributed by atoms with Gasteiger partial charge in [-0.3, -0.25) is 44.1 Å². The summed E-state index contributed by atoms with van der Waals surface area (Å²) in [6, 6.07) is 16.8. The number of aryl methyl sites for hydroxylation is 1. The lowest BCUT2D eigenvalue weighted by atomic mass is 9.97. The van der Waals surface area contributed by atoms with Crippen LogP contribution in [-0.4, -0.2) is 141 Å². The Balaban J connectivity index is 0.644. The number of piperidine rings is 2. The summed E-state index contributed by atoms with van der Waals surface area (Å²) < 4.78 is 8.47. The van der Waals surface area contributed by atoms with Gasteiger partial charge < -0.3 is 24.0 Å². The molecular formula is C45H47N9O6. The lowest BCUT2D eigenvalue weighted by Gasteiger charge is -2.45. The molecule has 0 bridgehead atoms. The van der Waals surface area contributed by atoms with Crippen LogP contribution in [0.3, 0.4) is 0 Å². The molecule has 4 fully saturated rings. The number of fused-ring (bicyclic) bond motifs is 4. The number of rotatable bonds is 9. The van der Waals surface area contributed by atoms with Crippen LogP contribution in [0.25, 0.3) is 32.9 Å². The van der Waals surface area contributed by atoms with Crippen molar-refractivity contribution in [3.8, 4) is 17.0 Å². The fourth-order valence-corrected chi connectivity index (χ4v) is 9.59. The number of carbonyl (C=O) groups is 5. The second-order valence-corrected chi connectivity index (χ2v) is 16.8. The second-order valence-electron chi connectivity index (χ2n) is 16.8. The molecule has 308 valence electrons. The van der Waals surface area contributed by atoms with Crippen LogP contribution in [0, 0.1) is 5.92 Å². The molecule has 0 aliphatic carbocycles. The average Bonchev–Trinajstić information content (AvgIpc) is 3.67. The summed E-state index contributed by atoms with van der Waals surface area (Å²) in [5, 5.41) is 4.56. The van der Waals surface area contributed by atoms with E-state index in [2.05, 4.69) is 65.9 Å². The number of nitrogens with zero attached hydrogens (tertiary/aromatic N) is 8. The first-order valence-corrected chi connectivity index (χ1v) is 20.9. The van der Waals surface area contributed by atoms with E-state index in [9.17, 15) is 24.0 Å². The van der Waals surface area contributed by atoms with Crippen molar-refractivity contribution < 1.29 is 28.7 Å². The van der Waals surface area contributed by atoms with Crippen LogP contribution in [0.1, 0.15) is 46.4 Å². The Hall–Kier alpha value is -6.19. The Morgan fingerprint density at radius 3 is 2.32 bits per heavy atom. The Morgan fingerprint density at radius 2 is 1.55 bits per heavy atom. The molecule has 0 spiro atoms. The van der Waals surface area contributed by atoms with Gasteiger partial charge in [0.2, 0.25) is 23.6 Å². The zero-order valence-electron chi connectivity index (χ0n) is 33.6. The lowest BCUT2D eigenvalue weighted by molar-refractivity contribution is -0.136. The summed E-state index contributed by atoms with van der Waals surface area (Å²) in [6.45, 7) is 7.95. The topological polar surface area (TPSA) is 154 Å². The molecule has 5 aliphatic heterocycles. The lowest BCUT2D eigenvalue weighted by Crippen LogP contribution is -2.56. The first kappa shape index (κ1) is 38.0. The van der Waals surface area contributed by atoms with Gasteiger partial charge in [0.05, 0.1) is 23.2 Å². The number of piperazine rings is 1. The Kier molecular flexibility index (Phi) is 9.79. The SMILES string of the molecule is Cn1c2ccncc2c2ccc(-c3ccc(OC4CCN(C(=O)CN5CCN(CC6CN(c7ccc8c(c7)C(=O)N(C7CCC(=O)NC7=O)C8=O)C6)CC5)CC4)nc3)cc21. The summed E-state index contributed by atoms with van der Waals surface area (Å²) >= 11 is 0. The van der Waals surface area contributed by atoms with Crippen molar-refractivity contribution in [2.75, 3.05) is 70.3 Å². The largest absolute Gasteiger partial charge is 0.474 e. The number of carbonyl (C=O) groups excluding carboxylic acids is 5. The highest BCUT2D eigenvalue weighted by Crippen LogP contribution is 2.34. The molecule has 0 saturated carbocycles. The van der Waals surface area contributed by atoms with Gasteiger partial charge in [-0.15, -0.1) is 0 Å². The number of aromatic nitrogens is 3. The quantitative estimate of drug-likeness (QED) is 0.218. The zero-order chi connectivity index (χ0) is 41.1. The van der Waals surface area contributed by atoms with E-state index >= 15 is 0 Å². The molecular weight excluding hydrogens is 763 g/mol. The van der Waals surface area contributed by atoms with Crippen LogP contribution in [0.5, 0.6) is 5.88 Å². The molecule has 3 aromatic heterocycles. The molecule has 5 aliphatic rings. The van der Waals surface area contributed by atoms with E-state index in [4.69, 9.17) is 4.74 Å². The van der Waals surface area contributed by atoms with Crippen molar-refractivity contribution in [1.29, 1.82) is 0 Å².